The van der Waals surface area contributed by atoms with Gasteiger partial charge in [0.15, 0.2) is 5.82 Å². The van der Waals surface area contributed by atoms with Gasteiger partial charge in [0.05, 0.1) is 22.7 Å². The van der Waals surface area contributed by atoms with Crippen molar-refractivity contribution in [3.63, 3.8) is 0 Å². The molecule has 0 aliphatic carbocycles. The van der Waals surface area contributed by atoms with Gasteiger partial charge in [-0.2, -0.15) is 13.9 Å². The van der Waals surface area contributed by atoms with E-state index in [1.165, 1.54) is 12.1 Å². The number of nitrogens with zero attached hydrogens (tertiary/aromatic N) is 3. The molecule has 0 radical (unpaired) electrons. The van der Waals surface area contributed by atoms with Crippen LogP contribution in [0.3, 0.4) is 0 Å². The molecule has 6 nitrogen and oxygen atoms in total. The molecule has 0 bridgehead atoms. The molecular weight excluding hydrogens is 457 g/mol. The fourth-order valence-corrected chi connectivity index (χ4v) is 4.58. The lowest BCUT2D eigenvalue weighted by Crippen LogP contribution is -2.41. The minimum atomic E-state index is -3.80. The van der Waals surface area contributed by atoms with Crippen LogP contribution in [0.25, 0.3) is 10.8 Å². The number of amides is 1. The smallest absolute Gasteiger partial charge is 0.303 e. The van der Waals surface area contributed by atoms with Gasteiger partial charge in [0.2, 0.25) is 5.91 Å². The van der Waals surface area contributed by atoms with Crippen molar-refractivity contribution in [2.45, 2.75) is 64.5 Å². The highest BCUT2D eigenvalue weighted by Gasteiger charge is 2.49. The highest BCUT2D eigenvalue weighted by Crippen LogP contribution is 2.45. The number of carbonyl (C=O) groups excluding carboxylic acids is 1. The summed E-state index contributed by atoms with van der Waals surface area (Å²) < 4.78 is 44.8. The number of fused-ring (bicyclic) bond motifs is 2. The highest BCUT2D eigenvalue weighted by atomic mass is 19.3. The largest absolute Gasteiger partial charge is 0.384 e. The van der Waals surface area contributed by atoms with Crippen molar-refractivity contribution in [3.05, 3.63) is 58.5 Å². The second-order valence-electron chi connectivity index (χ2n) is 10.2. The van der Waals surface area contributed by atoms with E-state index in [2.05, 4.69) is 15.5 Å². The van der Waals surface area contributed by atoms with Crippen LogP contribution in [-0.4, -0.2) is 33.9 Å². The average Bonchev–Trinajstić information content (AvgIpc) is 2.94. The van der Waals surface area contributed by atoms with Crippen LogP contribution in [0, 0.1) is 12.7 Å². The molecule has 1 unspecified atom stereocenters. The third kappa shape index (κ3) is 3.73. The molecule has 0 spiro atoms. The first-order chi connectivity index (χ1) is 16.1. The molecular formula is C26H29F3N4O2. The van der Waals surface area contributed by atoms with Gasteiger partial charge < -0.3 is 15.3 Å². The van der Waals surface area contributed by atoms with Crippen molar-refractivity contribution in [2.24, 2.45) is 0 Å². The van der Waals surface area contributed by atoms with Gasteiger partial charge in [-0.15, -0.1) is 5.10 Å². The van der Waals surface area contributed by atoms with Crippen molar-refractivity contribution in [1.29, 1.82) is 0 Å². The van der Waals surface area contributed by atoms with E-state index in [1.54, 1.807) is 25.8 Å². The summed E-state index contributed by atoms with van der Waals surface area (Å²) in [6.45, 7) is 9.02. The van der Waals surface area contributed by atoms with Gasteiger partial charge >= 0.3 is 5.92 Å². The molecule has 3 aromatic rings. The van der Waals surface area contributed by atoms with E-state index in [0.717, 1.165) is 36.6 Å². The number of alkyl halides is 2. The van der Waals surface area contributed by atoms with Crippen molar-refractivity contribution in [3.8, 4) is 0 Å². The van der Waals surface area contributed by atoms with Gasteiger partial charge in [0.25, 0.3) is 0 Å². The molecule has 2 aromatic carbocycles. The van der Waals surface area contributed by atoms with E-state index in [1.807, 2.05) is 26.0 Å². The predicted molar refractivity (Wildman–Crippen MR) is 129 cm³/mol. The number of likely N-dealkylation sites (N-methyl/N-ethyl adjacent to an activating group) is 1. The zero-order valence-electron chi connectivity index (χ0n) is 20.8. The molecule has 0 saturated carbocycles. The lowest BCUT2D eigenvalue weighted by molar-refractivity contribution is -0.170. The molecule has 9 heteroatoms. The molecule has 1 aromatic heterocycles. The number of benzene rings is 2. The maximum Gasteiger partial charge on any atom is 0.303 e. The van der Waals surface area contributed by atoms with E-state index in [-0.39, 0.29) is 11.5 Å². The average molecular weight is 487 g/mol. The number of hydrogen-bond donors (Lipinski definition) is 2. The number of aryl methyl sites for hydroxylation is 1. The summed E-state index contributed by atoms with van der Waals surface area (Å²) in [5.41, 5.74) is -1.78. The van der Waals surface area contributed by atoms with Crippen LogP contribution in [0.4, 0.5) is 24.7 Å². The van der Waals surface area contributed by atoms with E-state index in [9.17, 15) is 18.7 Å². The number of aliphatic hydroxyl groups is 1. The zero-order valence-corrected chi connectivity index (χ0v) is 20.8. The Bertz CT molecular complexity index is 1350. The van der Waals surface area contributed by atoms with Gasteiger partial charge in [-0.3, -0.25) is 4.79 Å². The molecule has 35 heavy (non-hydrogen) atoms. The van der Waals surface area contributed by atoms with Crippen LogP contribution >= 0.6 is 0 Å². The zero-order chi connectivity index (χ0) is 26.1. The van der Waals surface area contributed by atoms with Gasteiger partial charge in [0.1, 0.15) is 11.4 Å². The van der Waals surface area contributed by atoms with E-state index < -0.39 is 34.4 Å². The van der Waals surface area contributed by atoms with Gasteiger partial charge in [-0.1, -0.05) is 12.1 Å². The Hall–Kier alpha value is -3.20. The van der Waals surface area contributed by atoms with E-state index in [0.29, 0.717) is 16.9 Å². The fourth-order valence-electron chi connectivity index (χ4n) is 4.58. The summed E-state index contributed by atoms with van der Waals surface area (Å²) in [4.78, 5) is 14.4. The fraction of sp³-hybridized carbons (Fsp3) is 0.423. The topological polar surface area (TPSA) is 78.4 Å². The molecule has 1 atom stereocenters. The maximum atomic E-state index is 15.3. The summed E-state index contributed by atoms with van der Waals surface area (Å²) in [5, 5.41) is 22.9. The van der Waals surface area contributed by atoms with Crippen molar-refractivity contribution >= 4 is 28.2 Å². The molecule has 1 amide bonds. The number of anilines is 2. The minimum absolute atomic E-state index is 0.00153. The lowest BCUT2D eigenvalue weighted by Gasteiger charge is -2.30. The van der Waals surface area contributed by atoms with Crippen molar-refractivity contribution in [1.82, 2.24) is 10.2 Å². The second-order valence-corrected chi connectivity index (χ2v) is 10.2. The SMILES string of the molecule is Cc1nnc(NC(C)c2cccc(C(F)(F)C(C)(C)O)c2F)c2cc3c(cc12)N(C)C(=O)C3(C)C. The summed E-state index contributed by atoms with van der Waals surface area (Å²) >= 11 is 0. The summed E-state index contributed by atoms with van der Waals surface area (Å²) in [6.07, 6.45) is 0. The Kier molecular flexibility index (Phi) is 5.63. The molecule has 2 N–H and O–H groups in total. The molecule has 1 aliphatic rings. The summed E-state index contributed by atoms with van der Waals surface area (Å²) in [7, 11) is 1.73. The lowest BCUT2D eigenvalue weighted by atomic mass is 9.85. The first kappa shape index (κ1) is 24.9. The van der Waals surface area contributed by atoms with Crippen molar-refractivity contribution in [2.75, 3.05) is 17.3 Å². The Morgan fingerprint density at radius 3 is 2.43 bits per heavy atom. The van der Waals surface area contributed by atoms with Crippen LogP contribution in [0.15, 0.2) is 30.3 Å². The third-order valence-corrected chi connectivity index (χ3v) is 6.91. The van der Waals surface area contributed by atoms with E-state index in [4.69, 9.17) is 0 Å². The number of nitrogens with one attached hydrogen (secondary N) is 1. The van der Waals surface area contributed by atoms with Crippen LogP contribution in [0.1, 0.15) is 63.0 Å². The Balaban J connectivity index is 1.79. The minimum Gasteiger partial charge on any atom is -0.384 e. The van der Waals surface area contributed by atoms with Crippen LogP contribution < -0.4 is 10.2 Å². The Morgan fingerprint density at radius 1 is 1.14 bits per heavy atom. The van der Waals surface area contributed by atoms with Crippen LogP contribution in [-0.2, 0) is 16.1 Å². The first-order valence-electron chi connectivity index (χ1n) is 11.3. The standard InChI is InChI=1S/C26H29F3N4O2/c1-13(15-9-8-10-18(21(15)27)26(28,29)25(5,6)35)30-22-17-11-19-20(12-16(17)14(2)31-32-22)33(7)23(34)24(19,3)4/h8-13,35H,1-7H3,(H,30,32). The Labute approximate surface area is 202 Å². The quantitative estimate of drug-likeness (QED) is 0.507. The van der Waals surface area contributed by atoms with Crippen LogP contribution in [0.2, 0.25) is 0 Å². The van der Waals surface area contributed by atoms with Gasteiger partial charge in [0, 0.05) is 29.1 Å². The Morgan fingerprint density at radius 2 is 1.80 bits per heavy atom. The molecule has 0 fully saturated rings. The van der Waals surface area contributed by atoms with Gasteiger partial charge in [-0.05, 0) is 65.3 Å². The molecule has 0 saturated heterocycles. The summed E-state index contributed by atoms with van der Waals surface area (Å²) in [5.74, 6) is -4.58. The monoisotopic (exact) mass is 486 g/mol. The normalized spacial score (nSPS) is 16.5. The van der Waals surface area contributed by atoms with Crippen LogP contribution in [0.5, 0.6) is 0 Å². The summed E-state index contributed by atoms with van der Waals surface area (Å²) in [6, 6.07) is 6.75. The predicted octanol–water partition coefficient (Wildman–Crippen LogP) is 5.37. The second kappa shape index (κ2) is 7.91. The first-order valence-corrected chi connectivity index (χ1v) is 11.3. The van der Waals surface area contributed by atoms with E-state index >= 15 is 4.39 Å². The number of rotatable bonds is 5. The molecule has 2 heterocycles. The molecule has 1 aliphatic heterocycles. The number of hydrogen-bond acceptors (Lipinski definition) is 5. The maximum absolute atomic E-state index is 15.3. The van der Waals surface area contributed by atoms with Gasteiger partial charge in [-0.25, -0.2) is 4.39 Å². The van der Waals surface area contributed by atoms with Crippen molar-refractivity contribution < 1.29 is 23.1 Å². The number of halogens is 3. The third-order valence-electron chi connectivity index (χ3n) is 6.91. The highest BCUT2D eigenvalue weighted by molar-refractivity contribution is 6.10. The number of aromatic nitrogens is 2. The molecule has 4 rings (SSSR count). The number of carbonyl (C=O) groups is 1. The molecule has 186 valence electrons.